The molecule has 0 rings (SSSR count). The molecular formula is C44H79O9P. The molecule has 0 saturated carbocycles. The molecule has 0 aromatic carbocycles. The van der Waals surface area contributed by atoms with Crippen LogP contribution in [0.15, 0.2) is 60.8 Å². The number of phosphoric ester groups is 1. The second kappa shape index (κ2) is 40.8. The summed E-state index contributed by atoms with van der Waals surface area (Å²) in [6, 6.07) is 0. The molecule has 0 fully saturated rings. The number of hydrogen-bond acceptors (Lipinski definition) is 8. The van der Waals surface area contributed by atoms with Gasteiger partial charge in [0.15, 0.2) is 0 Å². The van der Waals surface area contributed by atoms with Gasteiger partial charge < -0.3 is 24.6 Å². The minimum absolute atomic E-state index is 0.0368. The molecule has 0 aliphatic carbocycles. The summed E-state index contributed by atoms with van der Waals surface area (Å²) in [5.74, 6) is -0.401. The number of phosphoric acid groups is 1. The van der Waals surface area contributed by atoms with E-state index in [0.29, 0.717) is 13.0 Å². The molecule has 10 heteroatoms. The molecule has 0 aromatic rings. The van der Waals surface area contributed by atoms with Crippen molar-refractivity contribution in [3.05, 3.63) is 60.8 Å². The number of carbonyl (C=O) groups excluding carboxylic acids is 1. The molecule has 0 saturated heterocycles. The number of rotatable bonds is 40. The lowest BCUT2D eigenvalue weighted by Gasteiger charge is -2.20. The first kappa shape index (κ1) is 52.2. The van der Waals surface area contributed by atoms with Crippen LogP contribution >= 0.6 is 7.82 Å². The minimum atomic E-state index is -4.52. The van der Waals surface area contributed by atoms with Crippen LogP contribution in [0.5, 0.6) is 0 Å². The molecular weight excluding hydrogens is 703 g/mol. The number of ether oxygens (including phenoxy) is 2. The van der Waals surface area contributed by atoms with Crippen LogP contribution in [0.25, 0.3) is 0 Å². The Balaban J connectivity index is 4.22. The second-order valence-corrected chi connectivity index (χ2v) is 15.4. The van der Waals surface area contributed by atoms with Crippen molar-refractivity contribution >= 4 is 13.8 Å². The van der Waals surface area contributed by atoms with E-state index >= 15 is 0 Å². The Hall–Kier alpha value is -1.84. The standard InChI is InChI=1S/C44H79O9P/c1-3-5-7-9-11-13-15-17-19-20-21-22-23-24-26-28-30-32-34-36-44(47)53-43(41-52-54(48,49)51-39-42(46)38-45)40-50-37-35-33-31-29-27-25-18-16-14-12-10-8-6-4-2/h5,7,11,13-14,16-17,19,21-22,42-43,45-46H,3-4,6,8-10,12,15,18,20,23-41H2,1-2H3,(H,48,49)/b7-5-,13-11-,16-14-,19-17-,22-21-. The monoisotopic (exact) mass is 783 g/mol. The second-order valence-electron chi connectivity index (χ2n) is 14.0. The molecule has 0 radical (unpaired) electrons. The van der Waals surface area contributed by atoms with Gasteiger partial charge in [-0.25, -0.2) is 4.57 Å². The molecule has 0 aliphatic rings. The SMILES string of the molecule is CC/C=C\C/C=C\C/C=C\C/C=C\CCCCCCCCC(=O)OC(COCCCCCCCC/C=C\CCCCCC)COP(=O)(O)OCC(O)CO. The van der Waals surface area contributed by atoms with E-state index in [1.54, 1.807) is 0 Å². The number of unbranched alkanes of at least 4 members (excludes halogenated alkanes) is 16. The predicted octanol–water partition coefficient (Wildman–Crippen LogP) is 11.6. The quantitative estimate of drug-likeness (QED) is 0.0240. The van der Waals surface area contributed by atoms with Crippen molar-refractivity contribution < 1.29 is 43.0 Å². The maximum absolute atomic E-state index is 12.6. The van der Waals surface area contributed by atoms with Crippen LogP contribution in [-0.2, 0) is 27.9 Å². The van der Waals surface area contributed by atoms with Crippen molar-refractivity contribution in [3.8, 4) is 0 Å². The third kappa shape index (κ3) is 39.8. The van der Waals surface area contributed by atoms with Crippen LogP contribution in [-0.4, -0.2) is 66.3 Å². The van der Waals surface area contributed by atoms with Crippen LogP contribution in [0.1, 0.15) is 168 Å². The third-order valence-corrected chi connectivity index (χ3v) is 9.64. The Morgan fingerprint density at radius 1 is 0.593 bits per heavy atom. The molecule has 0 aliphatic heterocycles. The van der Waals surface area contributed by atoms with E-state index in [1.807, 2.05) is 0 Å². The summed E-state index contributed by atoms with van der Waals surface area (Å²) in [7, 11) is -4.52. The molecule has 3 unspecified atom stereocenters. The fourth-order valence-electron chi connectivity index (χ4n) is 5.46. The fraction of sp³-hybridized carbons (Fsp3) is 0.750. The van der Waals surface area contributed by atoms with Crippen molar-refractivity contribution in [2.75, 3.05) is 33.0 Å². The van der Waals surface area contributed by atoms with Gasteiger partial charge in [0.2, 0.25) is 0 Å². The highest BCUT2D eigenvalue weighted by molar-refractivity contribution is 7.47. The molecule has 3 N–H and O–H groups in total. The molecule has 0 bridgehead atoms. The van der Waals surface area contributed by atoms with E-state index in [1.165, 1.54) is 51.4 Å². The number of allylic oxidation sites excluding steroid dienone is 10. The normalized spacial score (nSPS) is 14.7. The molecule has 3 atom stereocenters. The molecule has 0 aromatic heterocycles. The first-order chi connectivity index (χ1) is 26.3. The van der Waals surface area contributed by atoms with E-state index in [0.717, 1.165) is 89.9 Å². The van der Waals surface area contributed by atoms with Gasteiger partial charge >= 0.3 is 13.8 Å². The summed E-state index contributed by atoms with van der Waals surface area (Å²) < 4.78 is 33.3. The summed E-state index contributed by atoms with van der Waals surface area (Å²) in [5.41, 5.74) is 0. The Labute approximate surface area is 330 Å². The van der Waals surface area contributed by atoms with Gasteiger partial charge in [-0.1, -0.05) is 145 Å². The predicted molar refractivity (Wildman–Crippen MR) is 223 cm³/mol. The fourth-order valence-corrected chi connectivity index (χ4v) is 6.25. The van der Waals surface area contributed by atoms with Crippen LogP contribution in [0.4, 0.5) is 0 Å². The number of aliphatic hydroxyl groups is 2. The average Bonchev–Trinajstić information content (AvgIpc) is 3.16. The number of hydrogen-bond donors (Lipinski definition) is 3. The summed E-state index contributed by atoms with van der Waals surface area (Å²) >= 11 is 0. The third-order valence-electron chi connectivity index (χ3n) is 8.69. The van der Waals surface area contributed by atoms with E-state index in [9.17, 15) is 19.4 Å². The lowest BCUT2D eigenvalue weighted by Crippen LogP contribution is -2.29. The summed E-state index contributed by atoms with van der Waals surface area (Å²) in [6.07, 6.45) is 46.0. The van der Waals surface area contributed by atoms with E-state index in [2.05, 4.69) is 74.6 Å². The van der Waals surface area contributed by atoms with E-state index in [4.69, 9.17) is 23.6 Å². The highest BCUT2D eigenvalue weighted by Gasteiger charge is 2.26. The average molecular weight is 783 g/mol. The zero-order chi connectivity index (χ0) is 39.6. The van der Waals surface area contributed by atoms with Gasteiger partial charge in [-0.2, -0.15) is 0 Å². The van der Waals surface area contributed by atoms with Gasteiger partial charge in [0, 0.05) is 13.0 Å². The molecule has 0 amide bonds. The Bertz CT molecular complexity index is 1020. The minimum Gasteiger partial charge on any atom is -0.457 e. The van der Waals surface area contributed by atoms with Crippen molar-refractivity contribution in [2.24, 2.45) is 0 Å². The summed E-state index contributed by atoms with van der Waals surface area (Å²) in [5, 5.41) is 18.3. The van der Waals surface area contributed by atoms with E-state index in [-0.39, 0.29) is 19.6 Å². The largest absolute Gasteiger partial charge is 0.472 e. The number of aliphatic hydroxyl groups excluding tert-OH is 2. The lowest BCUT2D eigenvalue weighted by atomic mass is 10.1. The Kier molecular flexibility index (Phi) is 39.4. The molecule has 0 spiro atoms. The van der Waals surface area contributed by atoms with E-state index < -0.39 is 39.2 Å². The molecule has 9 nitrogen and oxygen atoms in total. The van der Waals surface area contributed by atoms with Crippen molar-refractivity contribution in [1.82, 2.24) is 0 Å². The van der Waals surface area contributed by atoms with Crippen LogP contribution in [0.3, 0.4) is 0 Å². The van der Waals surface area contributed by atoms with Gasteiger partial charge in [-0.3, -0.25) is 13.8 Å². The molecule has 314 valence electrons. The van der Waals surface area contributed by atoms with Crippen LogP contribution < -0.4 is 0 Å². The smallest absolute Gasteiger partial charge is 0.457 e. The number of esters is 1. The van der Waals surface area contributed by atoms with Crippen LogP contribution in [0, 0.1) is 0 Å². The van der Waals surface area contributed by atoms with Gasteiger partial charge in [0.05, 0.1) is 26.4 Å². The van der Waals surface area contributed by atoms with Crippen molar-refractivity contribution in [2.45, 2.75) is 180 Å². The number of carbonyl (C=O) groups is 1. The zero-order valence-electron chi connectivity index (χ0n) is 34.2. The first-order valence-corrected chi connectivity index (χ1v) is 22.8. The summed E-state index contributed by atoms with van der Waals surface area (Å²) in [6.45, 7) is 3.35. The highest BCUT2D eigenvalue weighted by atomic mass is 31.2. The topological polar surface area (TPSA) is 132 Å². The Morgan fingerprint density at radius 3 is 1.61 bits per heavy atom. The van der Waals surface area contributed by atoms with Crippen LogP contribution in [0.2, 0.25) is 0 Å². The summed E-state index contributed by atoms with van der Waals surface area (Å²) in [4.78, 5) is 22.6. The van der Waals surface area contributed by atoms with Gasteiger partial charge in [0.1, 0.15) is 12.2 Å². The van der Waals surface area contributed by atoms with Gasteiger partial charge in [-0.05, 0) is 77.0 Å². The molecule has 0 heterocycles. The van der Waals surface area contributed by atoms with Gasteiger partial charge in [-0.15, -0.1) is 0 Å². The van der Waals surface area contributed by atoms with Crippen molar-refractivity contribution in [1.29, 1.82) is 0 Å². The van der Waals surface area contributed by atoms with Crippen molar-refractivity contribution in [3.63, 3.8) is 0 Å². The Morgan fingerprint density at radius 2 is 1.06 bits per heavy atom. The van der Waals surface area contributed by atoms with Gasteiger partial charge in [0.25, 0.3) is 0 Å². The molecule has 54 heavy (non-hydrogen) atoms. The lowest BCUT2D eigenvalue weighted by molar-refractivity contribution is -0.154. The zero-order valence-corrected chi connectivity index (χ0v) is 35.1. The first-order valence-electron chi connectivity index (χ1n) is 21.3. The maximum atomic E-state index is 12.6. The highest BCUT2D eigenvalue weighted by Crippen LogP contribution is 2.43. The maximum Gasteiger partial charge on any atom is 0.472 e.